The average molecular weight is 391 g/mol. The molecule has 2 heterocycles. The van der Waals surface area contributed by atoms with E-state index in [4.69, 9.17) is 5.73 Å². The number of aliphatic hydroxyl groups excluding tert-OH is 1. The van der Waals surface area contributed by atoms with Gasteiger partial charge in [-0.15, -0.1) is 11.3 Å². The number of amides is 1. The maximum atomic E-state index is 11.4. The fraction of sp³-hybridized carbons (Fsp3) is 0.556. The van der Waals surface area contributed by atoms with Gasteiger partial charge in [0.05, 0.1) is 17.9 Å². The minimum atomic E-state index is -0.492. The highest BCUT2D eigenvalue weighted by atomic mass is 32.1. The van der Waals surface area contributed by atoms with Gasteiger partial charge in [0.2, 0.25) is 5.95 Å². The summed E-state index contributed by atoms with van der Waals surface area (Å²) in [6.07, 6.45) is 8.46. The zero-order valence-electron chi connectivity index (χ0n) is 15.4. The summed E-state index contributed by atoms with van der Waals surface area (Å²) < 4.78 is 0. The van der Waals surface area contributed by atoms with Crippen LogP contribution in [0.25, 0.3) is 10.6 Å². The first-order valence-electron chi connectivity index (χ1n) is 9.38. The number of rotatable bonds is 8. The number of hydrogen-bond acceptors (Lipinski definition) is 8. The molecule has 5 N–H and O–H groups in total. The van der Waals surface area contributed by atoms with Crippen LogP contribution in [-0.4, -0.2) is 44.7 Å². The maximum absolute atomic E-state index is 11.4. The lowest BCUT2D eigenvalue weighted by atomic mass is 9.93. The van der Waals surface area contributed by atoms with Crippen molar-refractivity contribution in [3.05, 3.63) is 17.3 Å². The number of thiazole rings is 1. The molecule has 8 nitrogen and oxygen atoms in total. The second kappa shape index (κ2) is 9.09. The molecule has 0 bridgehead atoms. The number of unbranched alkanes of at least 4 members (excludes halogenated alkanes) is 1. The fourth-order valence-electron chi connectivity index (χ4n) is 3.04. The molecule has 0 radical (unpaired) electrons. The first-order chi connectivity index (χ1) is 13.1. The number of nitrogens with two attached hydrogens (primary N) is 1. The number of anilines is 2. The number of aromatic nitrogens is 3. The van der Waals surface area contributed by atoms with E-state index in [1.165, 1.54) is 17.5 Å². The Morgan fingerprint density at radius 2 is 2.07 bits per heavy atom. The molecule has 27 heavy (non-hydrogen) atoms. The van der Waals surface area contributed by atoms with Gasteiger partial charge in [-0.05, 0) is 32.1 Å². The lowest BCUT2D eigenvalue weighted by Gasteiger charge is -2.27. The van der Waals surface area contributed by atoms with E-state index in [0.717, 1.165) is 50.6 Å². The fourth-order valence-corrected chi connectivity index (χ4v) is 3.82. The van der Waals surface area contributed by atoms with E-state index in [1.54, 1.807) is 6.20 Å². The normalized spacial score (nSPS) is 19.6. The maximum Gasteiger partial charge on any atom is 0.260 e. The van der Waals surface area contributed by atoms with Gasteiger partial charge in [-0.3, -0.25) is 4.79 Å². The molecular formula is C18H26N6O2S. The molecule has 0 aromatic carbocycles. The number of aliphatic hydroxyl groups is 1. The number of primary amides is 1. The molecule has 0 atom stereocenters. The molecule has 0 aliphatic heterocycles. The second-order valence-electron chi connectivity index (χ2n) is 6.78. The summed E-state index contributed by atoms with van der Waals surface area (Å²) >= 11 is 1.23. The van der Waals surface area contributed by atoms with Crippen LogP contribution in [-0.2, 0) is 0 Å². The third kappa shape index (κ3) is 5.14. The Labute approximate surface area is 162 Å². The number of nitrogens with zero attached hydrogens (tertiary/aromatic N) is 3. The molecule has 0 saturated heterocycles. The van der Waals surface area contributed by atoms with Crippen molar-refractivity contribution in [3.8, 4) is 10.6 Å². The Balaban J connectivity index is 1.84. The molecule has 3 rings (SSSR count). The van der Waals surface area contributed by atoms with E-state index in [-0.39, 0.29) is 12.1 Å². The highest BCUT2D eigenvalue weighted by Crippen LogP contribution is 2.32. The van der Waals surface area contributed by atoms with Gasteiger partial charge in [0.15, 0.2) is 0 Å². The Kier molecular flexibility index (Phi) is 6.57. The molecule has 0 spiro atoms. The largest absolute Gasteiger partial charge is 0.393 e. The van der Waals surface area contributed by atoms with Gasteiger partial charge in [0, 0.05) is 18.8 Å². The van der Waals surface area contributed by atoms with Crippen molar-refractivity contribution in [2.45, 2.75) is 57.6 Å². The molecule has 1 amide bonds. The summed E-state index contributed by atoms with van der Waals surface area (Å²) in [5.74, 6) is 0.765. The standard InChI is InChI=1S/C18H26N6O2S/c1-2-3-8-20-18-22-9-13(17-21-10-14(27-17)15(19)26)16(24-18)23-11-4-6-12(25)7-5-11/h9-12,25H,2-8H2,1H3,(H2,19,26)(H2,20,22,23,24). The van der Waals surface area contributed by atoms with Gasteiger partial charge < -0.3 is 21.5 Å². The van der Waals surface area contributed by atoms with Gasteiger partial charge >= 0.3 is 0 Å². The highest BCUT2D eigenvalue weighted by molar-refractivity contribution is 7.17. The Morgan fingerprint density at radius 1 is 1.30 bits per heavy atom. The van der Waals surface area contributed by atoms with Crippen LogP contribution in [0.4, 0.5) is 11.8 Å². The predicted molar refractivity (Wildman–Crippen MR) is 107 cm³/mol. The van der Waals surface area contributed by atoms with Gasteiger partial charge in [0.25, 0.3) is 5.91 Å². The van der Waals surface area contributed by atoms with Crippen molar-refractivity contribution >= 4 is 29.0 Å². The van der Waals surface area contributed by atoms with Crippen molar-refractivity contribution in [1.82, 2.24) is 15.0 Å². The van der Waals surface area contributed by atoms with E-state index < -0.39 is 5.91 Å². The van der Waals surface area contributed by atoms with E-state index in [2.05, 4.69) is 32.5 Å². The van der Waals surface area contributed by atoms with Crippen molar-refractivity contribution in [2.75, 3.05) is 17.2 Å². The summed E-state index contributed by atoms with van der Waals surface area (Å²) in [6.45, 7) is 2.95. The van der Waals surface area contributed by atoms with Crippen molar-refractivity contribution in [1.29, 1.82) is 0 Å². The van der Waals surface area contributed by atoms with Gasteiger partial charge in [-0.25, -0.2) is 9.97 Å². The first kappa shape index (κ1) is 19.5. The van der Waals surface area contributed by atoms with Crippen LogP contribution in [0.1, 0.15) is 55.1 Å². The summed E-state index contributed by atoms with van der Waals surface area (Å²) in [4.78, 5) is 25.1. The number of hydrogen-bond donors (Lipinski definition) is 4. The molecule has 0 unspecified atom stereocenters. The van der Waals surface area contributed by atoms with Crippen LogP contribution >= 0.6 is 11.3 Å². The Bertz CT molecular complexity index is 773. The van der Waals surface area contributed by atoms with Gasteiger partial charge in [0.1, 0.15) is 15.7 Å². The summed E-state index contributed by atoms with van der Waals surface area (Å²) in [7, 11) is 0. The molecule has 2 aromatic heterocycles. The lowest BCUT2D eigenvalue weighted by Crippen LogP contribution is -2.29. The third-order valence-electron chi connectivity index (χ3n) is 4.62. The van der Waals surface area contributed by atoms with Crippen molar-refractivity contribution < 1.29 is 9.90 Å². The van der Waals surface area contributed by atoms with Crippen molar-refractivity contribution in [3.63, 3.8) is 0 Å². The van der Waals surface area contributed by atoms with E-state index in [9.17, 15) is 9.90 Å². The molecule has 9 heteroatoms. The zero-order valence-corrected chi connectivity index (χ0v) is 16.3. The topological polar surface area (TPSA) is 126 Å². The highest BCUT2D eigenvalue weighted by Gasteiger charge is 2.22. The second-order valence-corrected chi connectivity index (χ2v) is 7.81. The molecule has 1 saturated carbocycles. The predicted octanol–water partition coefficient (Wildman–Crippen LogP) is 2.63. The summed E-state index contributed by atoms with van der Waals surface area (Å²) in [5.41, 5.74) is 6.10. The van der Waals surface area contributed by atoms with Crippen LogP contribution in [0, 0.1) is 0 Å². The van der Waals surface area contributed by atoms with Gasteiger partial charge in [-0.2, -0.15) is 4.98 Å². The van der Waals surface area contributed by atoms with E-state index in [1.807, 2.05) is 0 Å². The molecule has 1 aliphatic carbocycles. The van der Waals surface area contributed by atoms with Gasteiger partial charge in [-0.1, -0.05) is 13.3 Å². The minimum absolute atomic E-state index is 0.212. The number of nitrogens with one attached hydrogen (secondary N) is 2. The van der Waals surface area contributed by atoms with Crippen LogP contribution in [0.2, 0.25) is 0 Å². The molecule has 2 aromatic rings. The SMILES string of the molecule is CCCCNc1ncc(-c2ncc(C(N)=O)s2)c(NC2CCC(O)CC2)n1. The monoisotopic (exact) mass is 390 g/mol. The smallest absolute Gasteiger partial charge is 0.260 e. The lowest BCUT2D eigenvalue weighted by molar-refractivity contribution is 0.100. The van der Waals surface area contributed by atoms with Crippen LogP contribution in [0.5, 0.6) is 0 Å². The summed E-state index contributed by atoms with van der Waals surface area (Å²) in [6, 6.07) is 0.237. The van der Waals surface area contributed by atoms with E-state index >= 15 is 0 Å². The third-order valence-corrected chi connectivity index (χ3v) is 5.66. The Morgan fingerprint density at radius 3 is 2.74 bits per heavy atom. The van der Waals surface area contributed by atoms with Crippen LogP contribution < -0.4 is 16.4 Å². The zero-order chi connectivity index (χ0) is 19.2. The number of carbonyl (C=O) groups excluding carboxylic acids is 1. The first-order valence-corrected chi connectivity index (χ1v) is 10.2. The van der Waals surface area contributed by atoms with Crippen molar-refractivity contribution in [2.24, 2.45) is 5.73 Å². The molecule has 1 aliphatic rings. The summed E-state index contributed by atoms with van der Waals surface area (Å²) in [5, 5.41) is 17.1. The minimum Gasteiger partial charge on any atom is -0.393 e. The van der Waals surface area contributed by atoms with Crippen LogP contribution in [0.15, 0.2) is 12.4 Å². The number of carbonyl (C=O) groups is 1. The Hall–Kier alpha value is -2.26. The van der Waals surface area contributed by atoms with Crippen LogP contribution in [0.3, 0.4) is 0 Å². The molecule has 146 valence electrons. The molecular weight excluding hydrogens is 364 g/mol. The molecule has 1 fully saturated rings. The van der Waals surface area contributed by atoms with E-state index in [0.29, 0.717) is 21.7 Å². The quantitative estimate of drug-likeness (QED) is 0.510. The average Bonchev–Trinajstić information content (AvgIpc) is 3.14.